The van der Waals surface area contributed by atoms with Crippen molar-refractivity contribution in [3.8, 4) is 0 Å². The number of likely N-dealkylation sites (tertiary alicyclic amines) is 1. The normalized spacial score (nSPS) is 15.1. The number of hydrogen-bond acceptors (Lipinski definition) is 4. The van der Waals surface area contributed by atoms with Crippen LogP contribution in [0.3, 0.4) is 0 Å². The molecule has 0 spiro atoms. The molecule has 0 aliphatic carbocycles. The number of aromatic nitrogens is 3. The first-order chi connectivity index (χ1) is 13.1. The van der Waals surface area contributed by atoms with Gasteiger partial charge in [-0.15, -0.1) is 0 Å². The summed E-state index contributed by atoms with van der Waals surface area (Å²) >= 11 is 0. The van der Waals surface area contributed by atoms with Crippen molar-refractivity contribution < 1.29 is 9.59 Å². The van der Waals surface area contributed by atoms with E-state index in [1.807, 2.05) is 16.8 Å². The summed E-state index contributed by atoms with van der Waals surface area (Å²) in [6.45, 7) is 5.38. The molecule has 144 valence electrons. The monoisotopic (exact) mass is 369 g/mol. The van der Waals surface area contributed by atoms with Crippen molar-refractivity contribution in [1.82, 2.24) is 19.7 Å². The molecule has 1 N–H and O–H groups in total. The number of nitrogens with one attached hydrogen (secondary N) is 1. The number of anilines is 1. The van der Waals surface area contributed by atoms with E-state index in [1.165, 1.54) is 0 Å². The molecule has 2 aromatic heterocycles. The summed E-state index contributed by atoms with van der Waals surface area (Å²) < 4.78 is 1.90. The van der Waals surface area contributed by atoms with Gasteiger partial charge in [0.05, 0.1) is 12.2 Å². The molecule has 3 heterocycles. The minimum Gasteiger partial charge on any atom is -0.337 e. The lowest BCUT2D eigenvalue weighted by molar-refractivity contribution is -0.121. The molecular formula is C20H27N5O2. The van der Waals surface area contributed by atoms with Crippen LogP contribution in [-0.2, 0) is 4.79 Å². The van der Waals surface area contributed by atoms with E-state index in [9.17, 15) is 9.59 Å². The Hall–Kier alpha value is -2.70. The van der Waals surface area contributed by atoms with Crippen LogP contribution in [0, 0.1) is 5.92 Å². The molecule has 0 radical (unpaired) electrons. The van der Waals surface area contributed by atoms with Gasteiger partial charge in [-0.05, 0) is 37.8 Å². The van der Waals surface area contributed by atoms with Crippen LogP contribution < -0.4 is 5.32 Å². The van der Waals surface area contributed by atoms with E-state index in [1.54, 1.807) is 29.4 Å². The van der Waals surface area contributed by atoms with Gasteiger partial charge in [-0.1, -0.05) is 19.9 Å². The average molecular weight is 369 g/mol. The molecule has 1 aliphatic heterocycles. The quantitative estimate of drug-likeness (QED) is 0.848. The Balaban J connectivity index is 1.56. The molecule has 0 saturated carbocycles. The van der Waals surface area contributed by atoms with Crippen LogP contribution in [0.4, 0.5) is 5.82 Å². The Morgan fingerprint density at radius 3 is 2.52 bits per heavy atom. The van der Waals surface area contributed by atoms with Crippen molar-refractivity contribution in [2.75, 3.05) is 18.4 Å². The van der Waals surface area contributed by atoms with Crippen molar-refractivity contribution in [3.63, 3.8) is 0 Å². The van der Waals surface area contributed by atoms with Crippen LogP contribution in [0.2, 0.25) is 0 Å². The van der Waals surface area contributed by atoms with E-state index in [0.717, 1.165) is 18.7 Å². The van der Waals surface area contributed by atoms with Crippen molar-refractivity contribution in [2.45, 2.75) is 45.6 Å². The van der Waals surface area contributed by atoms with E-state index >= 15 is 0 Å². The van der Waals surface area contributed by atoms with Gasteiger partial charge in [0, 0.05) is 31.3 Å². The number of pyridine rings is 1. The molecule has 27 heavy (non-hydrogen) atoms. The molecule has 0 atom stereocenters. The highest BCUT2D eigenvalue weighted by molar-refractivity contribution is 5.93. The van der Waals surface area contributed by atoms with Crippen molar-refractivity contribution >= 4 is 17.6 Å². The van der Waals surface area contributed by atoms with Gasteiger partial charge in [0.15, 0.2) is 0 Å². The van der Waals surface area contributed by atoms with E-state index in [2.05, 4.69) is 29.2 Å². The van der Waals surface area contributed by atoms with E-state index in [4.69, 9.17) is 0 Å². The summed E-state index contributed by atoms with van der Waals surface area (Å²) in [4.78, 5) is 31.1. The first kappa shape index (κ1) is 19.1. The number of hydrogen-bond donors (Lipinski definition) is 1. The molecule has 3 rings (SSSR count). The Kier molecular flexibility index (Phi) is 6.21. The number of carbonyl (C=O) groups is 2. The Labute approximate surface area is 159 Å². The van der Waals surface area contributed by atoms with Crippen LogP contribution in [-0.4, -0.2) is 44.6 Å². The molecule has 0 bridgehead atoms. The lowest BCUT2D eigenvalue weighted by Crippen LogP contribution is -2.41. The summed E-state index contributed by atoms with van der Waals surface area (Å²) in [7, 11) is 0. The molecular weight excluding hydrogens is 342 g/mol. The second-order valence-corrected chi connectivity index (χ2v) is 6.90. The van der Waals surface area contributed by atoms with Crippen molar-refractivity contribution in [2.24, 2.45) is 5.92 Å². The number of carbonyl (C=O) groups excluding carboxylic acids is 2. The molecule has 0 aromatic carbocycles. The zero-order chi connectivity index (χ0) is 19.2. The van der Waals surface area contributed by atoms with Gasteiger partial charge in [-0.2, -0.15) is 5.10 Å². The van der Waals surface area contributed by atoms with Gasteiger partial charge in [0.25, 0.3) is 5.91 Å². The standard InChI is InChI=1S/C20H27N5O2/c1-3-16(4-2)25-18(8-12-22-25)23-19(26)15-9-13-24(14-10-15)20(27)17-7-5-6-11-21-17/h5-8,11-12,15-16H,3-4,9-10,13-14H2,1-2H3,(H,23,26). The molecule has 2 aromatic rings. The van der Waals surface area contributed by atoms with E-state index in [-0.39, 0.29) is 23.8 Å². The lowest BCUT2D eigenvalue weighted by Gasteiger charge is -2.31. The maximum Gasteiger partial charge on any atom is 0.272 e. The number of nitrogens with zero attached hydrogens (tertiary/aromatic N) is 4. The van der Waals surface area contributed by atoms with Crippen LogP contribution >= 0.6 is 0 Å². The molecule has 7 nitrogen and oxygen atoms in total. The summed E-state index contributed by atoms with van der Waals surface area (Å²) in [6.07, 6.45) is 6.59. The minimum absolute atomic E-state index is 0.00708. The van der Waals surface area contributed by atoms with Crippen LogP contribution in [0.15, 0.2) is 36.7 Å². The SMILES string of the molecule is CCC(CC)n1nccc1NC(=O)C1CCN(C(=O)c2ccccn2)CC1. The van der Waals surface area contributed by atoms with E-state index in [0.29, 0.717) is 31.6 Å². The predicted octanol–water partition coefficient (Wildman–Crippen LogP) is 3.13. The summed E-state index contributed by atoms with van der Waals surface area (Å²) in [6, 6.07) is 7.45. The Morgan fingerprint density at radius 2 is 1.89 bits per heavy atom. The van der Waals surface area contributed by atoms with Gasteiger partial charge < -0.3 is 10.2 Å². The number of rotatable bonds is 6. The molecule has 1 aliphatic rings. The van der Waals surface area contributed by atoms with Gasteiger partial charge in [0.2, 0.25) is 5.91 Å². The third-order valence-corrected chi connectivity index (χ3v) is 5.25. The minimum atomic E-state index is -0.0946. The van der Waals surface area contributed by atoms with Gasteiger partial charge >= 0.3 is 0 Å². The summed E-state index contributed by atoms with van der Waals surface area (Å²) in [5.74, 6) is 0.595. The molecule has 1 saturated heterocycles. The van der Waals surface area contributed by atoms with Crippen LogP contribution in [0.5, 0.6) is 0 Å². The third kappa shape index (κ3) is 4.35. The third-order valence-electron chi connectivity index (χ3n) is 5.25. The fraction of sp³-hybridized carbons (Fsp3) is 0.500. The van der Waals surface area contributed by atoms with E-state index < -0.39 is 0 Å². The van der Waals surface area contributed by atoms with Crippen LogP contribution in [0.1, 0.15) is 56.1 Å². The summed E-state index contributed by atoms with van der Waals surface area (Å²) in [5.41, 5.74) is 0.453. The topological polar surface area (TPSA) is 80.1 Å². The first-order valence-electron chi connectivity index (χ1n) is 9.68. The first-order valence-corrected chi connectivity index (χ1v) is 9.68. The van der Waals surface area contributed by atoms with Gasteiger partial charge in [-0.3, -0.25) is 14.6 Å². The number of amides is 2. The smallest absolute Gasteiger partial charge is 0.272 e. The maximum atomic E-state index is 12.7. The predicted molar refractivity (Wildman–Crippen MR) is 103 cm³/mol. The fourth-order valence-corrected chi connectivity index (χ4v) is 3.56. The second-order valence-electron chi connectivity index (χ2n) is 6.90. The van der Waals surface area contributed by atoms with Gasteiger partial charge in [-0.25, -0.2) is 4.68 Å². The van der Waals surface area contributed by atoms with Crippen LogP contribution in [0.25, 0.3) is 0 Å². The zero-order valence-electron chi connectivity index (χ0n) is 16.0. The Bertz CT molecular complexity index is 762. The largest absolute Gasteiger partial charge is 0.337 e. The highest BCUT2D eigenvalue weighted by Crippen LogP contribution is 2.23. The van der Waals surface area contributed by atoms with Crippen molar-refractivity contribution in [3.05, 3.63) is 42.4 Å². The number of piperidine rings is 1. The highest BCUT2D eigenvalue weighted by Gasteiger charge is 2.29. The molecule has 1 fully saturated rings. The Morgan fingerprint density at radius 1 is 1.15 bits per heavy atom. The maximum absolute atomic E-state index is 12.7. The highest BCUT2D eigenvalue weighted by atomic mass is 16.2. The summed E-state index contributed by atoms with van der Waals surface area (Å²) in [5, 5.41) is 7.40. The lowest BCUT2D eigenvalue weighted by atomic mass is 9.95. The fourth-order valence-electron chi connectivity index (χ4n) is 3.56. The average Bonchev–Trinajstić information content (AvgIpc) is 3.17. The molecule has 7 heteroatoms. The zero-order valence-corrected chi connectivity index (χ0v) is 16.0. The molecule has 0 unspecified atom stereocenters. The second kappa shape index (κ2) is 8.79. The van der Waals surface area contributed by atoms with Crippen molar-refractivity contribution in [1.29, 1.82) is 0 Å². The van der Waals surface area contributed by atoms with Gasteiger partial charge in [0.1, 0.15) is 11.5 Å². The molecule has 2 amide bonds.